The van der Waals surface area contributed by atoms with Crippen molar-refractivity contribution in [1.82, 2.24) is 0 Å². The van der Waals surface area contributed by atoms with E-state index in [9.17, 15) is 8.42 Å². The van der Waals surface area contributed by atoms with Crippen LogP contribution in [-0.4, -0.2) is 26.0 Å². The second kappa shape index (κ2) is 3.66. The van der Waals surface area contributed by atoms with Crippen molar-refractivity contribution in [3.05, 3.63) is 11.6 Å². The third kappa shape index (κ3) is 2.01. The minimum atomic E-state index is -2.78. The van der Waals surface area contributed by atoms with Crippen LogP contribution in [0.4, 0.5) is 0 Å². The van der Waals surface area contributed by atoms with Gasteiger partial charge in [-0.3, -0.25) is 0 Å². The topological polar surface area (TPSA) is 60.2 Å². The molecule has 0 aromatic rings. The van der Waals surface area contributed by atoms with Crippen molar-refractivity contribution < 1.29 is 8.42 Å². The van der Waals surface area contributed by atoms with Gasteiger partial charge in [-0.2, -0.15) is 0 Å². The Labute approximate surface area is 85.3 Å². The van der Waals surface area contributed by atoms with E-state index in [0.29, 0.717) is 11.5 Å². The number of nitrogens with two attached hydrogens (primary N) is 1. The zero-order valence-corrected chi connectivity index (χ0v) is 9.09. The molecule has 4 heteroatoms. The first-order valence-electron chi connectivity index (χ1n) is 5.23. The van der Waals surface area contributed by atoms with Gasteiger partial charge in [0.05, 0.1) is 11.5 Å². The summed E-state index contributed by atoms with van der Waals surface area (Å²) in [4.78, 5) is 0. The zero-order chi connectivity index (χ0) is 10.2. The highest BCUT2D eigenvalue weighted by Gasteiger charge is 2.33. The van der Waals surface area contributed by atoms with Gasteiger partial charge >= 0.3 is 0 Å². The molecule has 2 aliphatic rings. The van der Waals surface area contributed by atoms with Gasteiger partial charge < -0.3 is 5.73 Å². The van der Waals surface area contributed by atoms with E-state index in [4.69, 9.17) is 5.73 Å². The van der Waals surface area contributed by atoms with Crippen molar-refractivity contribution in [2.24, 2.45) is 11.7 Å². The minimum absolute atomic E-state index is 0.00484. The molecule has 0 radical (unpaired) electrons. The second-order valence-electron chi connectivity index (χ2n) is 4.36. The van der Waals surface area contributed by atoms with Gasteiger partial charge in [-0.05, 0) is 31.6 Å². The first kappa shape index (κ1) is 10.2. The molecule has 0 amide bonds. The predicted molar refractivity (Wildman–Crippen MR) is 56.7 cm³/mol. The van der Waals surface area contributed by atoms with Gasteiger partial charge in [0, 0.05) is 6.04 Å². The van der Waals surface area contributed by atoms with Gasteiger partial charge in [-0.1, -0.05) is 11.6 Å². The van der Waals surface area contributed by atoms with E-state index in [1.165, 1.54) is 12.0 Å². The fourth-order valence-electron chi connectivity index (χ4n) is 2.41. The molecule has 0 spiro atoms. The molecule has 1 aliphatic carbocycles. The van der Waals surface area contributed by atoms with E-state index in [1.54, 1.807) is 0 Å². The lowest BCUT2D eigenvalue weighted by molar-refractivity contribution is 0.503. The lowest BCUT2D eigenvalue weighted by atomic mass is 9.93. The average Bonchev–Trinajstić information content (AvgIpc) is 2.72. The Morgan fingerprint density at radius 2 is 2.29 bits per heavy atom. The van der Waals surface area contributed by atoms with E-state index < -0.39 is 9.84 Å². The Balaban J connectivity index is 2.03. The van der Waals surface area contributed by atoms with Crippen molar-refractivity contribution in [2.45, 2.75) is 31.7 Å². The maximum atomic E-state index is 11.3. The number of allylic oxidation sites excluding steroid dienone is 1. The lowest BCUT2D eigenvalue weighted by Gasteiger charge is -2.18. The van der Waals surface area contributed by atoms with Crippen LogP contribution in [0.2, 0.25) is 0 Å². The largest absolute Gasteiger partial charge is 0.324 e. The molecule has 2 unspecified atom stereocenters. The van der Waals surface area contributed by atoms with Crippen LogP contribution in [0.15, 0.2) is 11.6 Å². The molecule has 2 N–H and O–H groups in total. The van der Waals surface area contributed by atoms with Crippen LogP contribution >= 0.6 is 0 Å². The fourth-order valence-corrected chi connectivity index (χ4v) is 4.26. The minimum Gasteiger partial charge on any atom is -0.324 e. The molecule has 0 bridgehead atoms. The van der Waals surface area contributed by atoms with Crippen molar-refractivity contribution in [3.8, 4) is 0 Å². The van der Waals surface area contributed by atoms with E-state index in [-0.39, 0.29) is 12.0 Å². The van der Waals surface area contributed by atoms with Crippen LogP contribution in [0.5, 0.6) is 0 Å². The summed E-state index contributed by atoms with van der Waals surface area (Å²) in [7, 11) is -2.78. The number of hydrogen-bond acceptors (Lipinski definition) is 3. The highest BCUT2D eigenvalue weighted by atomic mass is 32.2. The van der Waals surface area contributed by atoms with Gasteiger partial charge in [0.2, 0.25) is 0 Å². The monoisotopic (exact) mass is 215 g/mol. The highest BCUT2D eigenvalue weighted by Crippen LogP contribution is 2.29. The molecule has 0 aromatic carbocycles. The third-order valence-electron chi connectivity index (χ3n) is 3.28. The summed E-state index contributed by atoms with van der Waals surface area (Å²) in [6.45, 7) is 0. The average molecular weight is 215 g/mol. The van der Waals surface area contributed by atoms with Crippen molar-refractivity contribution in [1.29, 1.82) is 0 Å². The molecule has 1 saturated heterocycles. The van der Waals surface area contributed by atoms with Crippen LogP contribution < -0.4 is 5.73 Å². The van der Waals surface area contributed by atoms with Gasteiger partial charge in [0.25, 0.3) is 0 Å². The van der Waals surface area contributed by atoms with E-state index in [2.05, 4.69) is 6.08 Å². The molecule has 0 aromatic heterocycles. The van der Waals surface area contributed by atoms with E-state index in [0.717, 1.165) is 19.3 Å². The summed E-state index contributed by atoms with van der Waals surface area (Å²) >= 11 is 0. The van der Waals surface area contributed by atoms with Crippen LogP contribution in [0.1, 0.15) is 25.7 Å². The van der Waals surface area contributed by atoms with Crippen LogP contribution in [-0.2, 0) is 9.84 Å². The fraction of sp³-hybridized carbons (Fsp3) is 0.800. The summed E-state index contributed by atoms with van der Waals surface area (Å²) in [6, 6.07) is -0.00484. The Morgan fingerprint density at radius 1 is 1.50 bits per heavy atom. The van der Waals surface area contributed by atoms with Crippen LogP contribution in [0.3, 0.4) is 0 Å². The zero-order valence-electron chi connectivity index (χ0n) is 8.28. The number of hydrogen-bond donors (Lipinski definition) is 1. The van der Waals surface area contributed by atoms with Gasteiger partial charge in [-0.25, -0.2) is 8.42 Å². The Kier molecular flexibility index (Phi) is 2.66. The first-order valence-corrected chi connectivity index (χ1v) is 7.05. The highest BCUT2D eigenvalue weighted by molar-refractivity contribution is 7.91. The van der Waals surface area contributed by atoms with E-state index >= 15 is 0 Å². The van der Waals surface area contributed by atoms with Gasteiger partial charge in [0.1, 0.15) is 0 Å². The predicted octanol–water partition coefficient (Wildman–Crippen LogP) is 0.859. The molecule has 2 rings (SSSR count). The summed E-state index contributed by atoms with van der Waals surface area (Å²) in [6.07, 6.45) is 6.30. The summed E-state index contributed by atoms with van der Waals surface area (Å²) in [5, 5.41) is 0. The molecule has 80 valence electrons. The van der Waals surface area contributed by atoms with E-state index in [1.807, 2.05) is 0 Å². The maximum absolute atomic E-state index is 11.3. The number of sulfone groups is 1. The summed E-state index contributed by atoms with van der Waals surface area (Å²) in [5.74, 6) is 0.800. The van der Waals surface area contributed by atoms with Crippen LogP contribution in [0, 0.1) is 5.92 Å². The molecule has 1 fully saturated rings. The Morgan fingerprint density at radius 3 is 2.79 bits per heavy atom. The molecule has 14 heavy (non-hydrogen) atoms. The SMILES string of the molecule is NC(C1=CCCC1)C1CCS(=O)(=O)C1. The molecule has 0 saturated carbocycles. The number of rotatable bonds is 2. The van der Waals surface area contributed by atoms with Crippen molar-refractivity contribution in [3.63, 3.8) is 0 Å². The van der Waals surface area contributed by atoms with Gasteiger partial charge in [-0.15, -0.1) is 0 Å². The summed E-state index contributed by atoms with van der Waals surface area (Å²) < 4.78 is 22.6. The standard InChI is InChI=1S/C10H17NO2S/c11-10(8-3-1-2-4-8)9-5-6-14(12,13)7-9/h3,9-10H,1-2,4-7,11H2. The molecule has 3 nitrogen and oxygen atoms in total. The third-order valence-corrected chi connectivity index (χ3v) is 5.07. The molecular weight excluding hydrogens is 198 g/mol. The second-order valence-corrected chi connectivity index (χ2v) is 6.59. The quantitative estimate of drug-likeness (QED) is 0.695. The molecular formula is C10H17NO2S. The van der Waals surface area contributed by atoms with Crippen molar-refractivity contribution in [2.75, 3.05) is 11.5 Å². The molecule has 1 aliphatic heterocycles. The van der Waals surface area contributed by atoms with Crippen LogP contribution in [0.25, 0.3) is 0 Å². The smallest absolute Gasteiger partial charge is 0.150 e. The summed E-state index contributed by atoms with van der Waals surface area (Å²) in [5.41, 5.74) is 7.36. The molecule has 1 heterocycles. The first-order chi connectivity index (χ1) is 6.58. The van der Waals surface area contributed by atoms with Crippen molar-refractivity contribution >= 4 is 9.84 Å². The maximum Gasteiger partial charge on any atom is 0.150 e. The Bertz CT molecular complexity index is 345. The molecule has 2 atom stereocenters. The van der Waals surface area contributed by atoms with Gasteiger partial charge in [0.15, 0.2) is 9.84 Å². The lowest BCUT2D eigenvalue weighted by Crippen LogP contribution is -2.32. The normalized spacial score (nSPS) is 32.9. The Hall–Kier alpha value is -0.350.